The number of aromatic amines is 1. The summed E-state index contributed by atoms with van der Waals surface area (Å²) < 4.78 is 5.10. The van der Waals surface area contributed by atoms with Crippen LogP contribution in [0, 0.1) is 12.0 Å². The second-order valence-corrected chi connectivity index (χ2v) is 5.00. The van der Waals surface area contributed by atoms with Gasteiger partial charge in [-0.05, 0) is 30.9 Å². The van der Waals surface area contributed by atoms with E-state index in [2.05, 4.69) is 22.3 Å². The summed E-state index contributed by atoms with van der Waals surface area (Å²) in [4.78, 5) is 15.2. The van der Waals surface area contributed by atoms with Gasteiger partial charge in [0.2, 0.25) is 0 Å². The van der Waals surface area contributed by atoms with E-state index in [1.807, 2.05) is 30.5 Å². The van der Waals surface area contributed by atoms with Crippen molar-refractivity contribution in [1.82, 2.24) is 4.98 Å². The van der Waals surface area contributed by atoms with Crippen LogP contribution >= 0.6 is 0 Å². The number of unbranched alkanes of at least 4 members (excludes halogenated alkanes) is 1. The number of ether oxygens (including phenoxy) is 1. The maximum Gasteiger partial charge on any atom is 0.350 e. The van der Waals surface area contributed by atoms with Gasteiger partial charge in [-0.3, -0.25) is 0 Å². The molecule has 0 radical (unpaired) electrons. The number of aromatic nitrogens is 1. The lowest BCUT2D eigenvalue weighted by molar-refractivity contribution is -0.138. The third-order valence-corrected chi connectivity index (χ3v) is 3.31. The quantitative estimate of drug-likeness (QED) is 0.170. The molecule has 7 heteroatoms. The number of fused-ring (bicyclic) bond motifs is 1. The number of aliphatic hydroxyl groups excluding tert-OH is 1. The van der Waals surface area contributed by atoms with Crippen molar-refractivity contribution in [3.05, 3.63) is 41.9 Å². The Bertz CT molecular complexity index is 799. The van der Waals surface area contributed by atoms with Crippen molar-refractivity contribution in [3.8, 4) is 12.0 Å². The van der Waals surface area contributed by atoms with Gasteiger partial charge in [-0.1, -0.05) is 12.1 Å². The van der Waals surface area contributed by atoms with Crippen molar-refractivity contribution in [1.29, 1.82) is 0 Å². The molecule has 0 amide bonds. The molecular weight excluding hydrogens is 308 g/mol. The third kappa shape index (κ3) is 4.21. The Morgan fingerprint density at radius 3 is 2.92 bits per heavy atom. The van der Waals surface area contributed by atoms with E-state index in [0.29, 0.717) is 18.5 Å². The van der Waals surface area contributed by atoms with E-state index in [4.69, 9.17) is 21.3 Å². The molecule has 0 atom stereocenters. The van der Waals surface area contributed by atoms with E-state index in [1.165, 1.54) is 0 Å². The number of benzene rings is 1. The lowest BCUT2D eigenvalue weighted by atomic mass is 10.2. The molecule has 2 rings (SSSR count). The number of rotatable bonds is 7. The lowest BCUT2D eigenvalue weighted by Gasteiger charge is -2.11. The number of nitrogens with one attached hydrogen (secondary N) is 2. The number of hydrogen-bond acceptors (Lipinski definition) is 6. The first-order valence-electron chi connectivity index (χ1n) is 7.50. The largest absolute Gasteiger partial charge is 0.462 e. The predicted molar refractivity (Wildman–Crippen MR) is 92.4 cm³/mol. The topological polar surface area (TPSA) is 126 Å². The van der Waals surface area contributed by atoms with E-state index in [9.17, 15) is 4.79 Å². The Morgan fingerprint density at radius 2 is 2.17 bits per heavy atom. The smallest absolute Gasteiger partial charge is 0.350 e. The Labute approximate surface area is 139 Å². The first kappa shape index (κ1) is 17.2. The average molecular weight is 328 g/mol. The zero-order valence-electron chi connectivity index (χ0n) is 13.1. The minimum atomic E-state index is -0.658. The predicted octanol–water partition coefficient (Wildman–Crippen LogP) is 0.985. The molecule has 126 valence electrons. The molecule has 1 aromatic carbocycles. The maximum absolute atomic E-state index is 12.1. The summed E-state index contributed by atoms with van der Waals surface area (Å²) in [6.07, 6.45) is 2.92. The number of carbonyl (C=O) groups excluding carboxylic acids is 1. The summed E-state index contributed by atoms with van der Waals surface area (Å²) in [5.74, 6) is 1.87. The fraction of sp³-hybridized carbons (Fsp3) is 0.235. The van der Waals surface area contributed by atoms with E-state index < -0.39 is 5.97 Å². The van der Waals surface area contributed by atoms with Crippen molar-refractivity contribution >= 4 is 22.6 Å². The van der Waals surface area contributed by atoms with Crippen LogP contribution in [0.15, 0.2) is 41.9 Å². The highest BCUT2D eigenvalue weighted by Crippen LogP contribution is 2.22. The fourth-order valence-electron chi connectivity index (χ4n) is 2.15. The standard InChI is InChI=1S/C17H20N4O3/c18-8-6-13(17(23)24-11-2-1-10-22)16(19)21-14-5-3-4-12-7-9-20-15(12)14/h3-5,7,9,20-22H,1-2,10-11,18-19H2/b16-13+. The SMILES string of the molecule is NC#C/C(C(=O)OCCCCO)=C(/N)Nc1cccc2cc[nH]c12. The summed E-state index contributed by atoms with van der Waals surface area (Å²) in [7, 11) is 0. The minimum absolute atomic E-state index is 0.0370. The van der Waals surface area contributed by atoms with Gasteiger partial charge in [0.25, 0.3) is 0 Å². The minimum Gasteiger partial charge on any atom is -0.462 e. The second-order valence-electron chi connectivity index (χ2n) is 5.00. The molecule has 0 aliphatic rings. The molecule has 0 saturated heterocycles. The van der Waals surface area contributed by atoms with E-state index >= 15 is 0 Å². The van der Waals surface area contributed by atoms with Crippen LogP contribution in [0.2, 0.25) is 0 Å². The van der Waals surface area contributed by atoms with E-state index in [-0.39, 0.29) is 24.6 Å². The van der Waals surface area contributed by atoms with Gasteiger partial charge < -0.3 is 31.6 Å². The van der Waals surface area contributed by atoms with Crippen LogP contribution in [0.1, 0.15) is 12.8 Å². The Balaban J connectivity index is 2.18. The molecule has 7 nitrogen and oxygen atoms in total. The van der Waals surface area contributed by atoms with Gasteiger partial charge in [-0.15, -0.1) is 0 Å². The van der Waals surface area contributed by atoms with Crippen molar-refractivity contribution in [2.45, 2.75) is 12.8 Å². The molecule has 0 aliphatic carbocycles. The number of anilines is 1. The number of H-pyrrole nitrogens is 1. The van der Waals surface area contributed by atoms with Crippen LogP contribution < -0.4 is 16.8 Å². The number of aliphatic hydroxyl groups is 1. The summed E-state index contributed by atoms with van der Waals surface area (Å²) in [5.41, 5.74) is 12.7. The van der Waals surface area contributed by atoms with Gasteiger partial charge >= 0.3 is 5.97 Å². The van der Waals surface area contributed by atoms with Crippen molar-refractivity contribution < 1.29 is 14.6 Å². The molecule has 0 fully saturated rings. The van der Waals surface area contributed by atoms with Gasteiger partial charge in [0, 0.05) is 24.2 Å². The monoisotopic (exact) mass is 328 g/mol. The van der Waals surface area contributed by atoms with Crippen LogP contribution in [-0.4, -0.2) is 29.3 Å². The number of hydrogen-bond donors (Lipinski definition) is 5. The molecule has 0 unspecified atom stereocenters. The molecule has 1 aromatic heterocycles. The van der Waals surface area contributed by atoms with Gasteiger partial charge in [0.05, 0.1) is 17.8 Å². The molecule has 24 heavy (non-hydrogen) atoms. The molecule has 0 spiro atoms. The average Bonchev–Trinajstić information content (AvgIpc) is 3.06. The van der Waals surface area contributed by atoms with E-state index in [1.54, 1.807) is 0 Å². The maximum atomic E-state index is 12.1. The molecule has 7 N–H and O–H groups in total. The highest BCUT2D eigenvalue weighted by atomic mass is 16.5. The summed E-state index contributed by atoms with van der Waals surface area (Å²) in [6.45, 7) is 0.224. The molecule has 1 heterocycles. The number of carbonyl (C=O) groups is 1. The summed E-state index contributed by atoms with van der Waals surface area (Å²) in [6, 6.07) is 9.74. The van der Waals surface area contributed by atoms with Gasteiger partial charge in [-0.2, -0.15) is 0 Å². The van der Waals surface area contributed by atoms with Crippen LogP contribution in [0.4, 0.5) is 5.69 Å². The Hall–Kier alpha value is -3.11. The highest BCUT2D eigenvalue weighted by Gasteiger charge is 2.15. The van der Waals surface area contributed by atoms with Crippen molar-refractivity contribution in [3.63, 3.8) is 0 Å². The van der Waals surface area contributed by atoms with Crippen LogP contribution in [0.5, 0.6) is 0 Å². The molecule has 0 saturated carbocycles. The summed E-state index contributed by atoms with van der Waals surface area (Å²) in [5, 5.41) is 12.7. The first-order valence-corrected chi connectivity index (χ1v) is 7.50. The van der Waals surface area contributed by atoms with Crippen LogP contribution in [-0.2, 0) is 9.53 Å². The molecule has 0 bridgehead atoms. The number of nitrogens with two attached hydrogens (primary N) is 2. The fourth-order valence-corrected chi connectivity index (χ4v) is 2.15. The Kier molecular flexibility index (Phi) is 6.11. The van der Waals surface area contributed by atoms with Gasteiger partial charge in [0.1, 0.15) is 5.82 Å². The summed E-state index contributed by atoms with van der Waals surface area (Å²) >= 11 is 0. The van der Waals surface area contributed by atoms with Crippen LogP contribution in [0.3, 0.4) is 0 Å². The first-order chi connectivity index (χ1) is 11.7. The number of para-hydroxylation sites is 1. The van der Waals surface area contributed by atoms with Crippen LogP contribution in [0.25, 0.3) is 10.9 Å². The van der Waals surface area contributed by atoms with Crippen molar-refractivity contribution in [2.24, 2.45) is 11.5 Å². The van der Waals surface area contributed by atoms with E-state index in [0.717, 1.165) is 10.9 Å². The number of esters is 1. The normalized spacial score (nSPS) is 11.4. The Morgan fingerprint density at radius 1 is 1.33 bits per heavy atom. The third-order valence-electron chi connectivity index (χ3n) is 3.31. The molecule has 0 aliphatic heterocycles. The zero-order chi connectivity index (χ0) is 17.4. The van der Waals surface area contributed by atoms with Gasteiger partial charge in [-0.25, -0.2) is 4.79 Å². The molecule has 2 aromatic rings. The lowest BCUT2D eigenvalue weighted by Crippen LogP contribution is -2.19. The van der Waals surface area contributed by atoms with Crippen molar-refractivity contribution in [2.75, 3.05) is 18.5 Å². The second kappa shape index (κ2) is 8.50. The highest BCUT2D eigenvalue weighted by molar-refractivity contribution is 5.96. The zero-order valence-corrected chi connectivity index (χ0v) is 13.1. The molecular formula is C17H20N4O3. The van der Waals surface area contributed by atoms with Gasteiger partial charge in [0.15, 0.2) is 5.57 Å².